The summed E-state index contributed by atoms with van der Waals surface area (Å²) in [5, 5.41) is 3.30. The van der Waals surface area contributed by atoms with Crippen molar-refractivity contribution in [2.24, 2.45) is 0 Å². The summed E-state index contributed by atoms with van der Waals surface area (Å²) < 4.78 is 56.1. The van der Waals surface area contributed by atoms with Crippen LogP contribution in [-0.2, 0) is 16.4 Å². The first-order chi connectivity index (χ1) is 13.8. The molecule has 2 aromatic rings. The molecule has 2 aromatic carbocycles. The molecule has 2 rings (SSSR count). The second kappa shape index (κ2) is 10.4. The lowest BCUT2D eigenvalue weighted by Gasteiger charge is -2.16. The first-order valence-corrected chi connectivity index (χ1v) is 10.6. The van der Waals surface area contributed by atoms with Gasteiger partial charge in [-0.2, -0.15) is 0 Å². The summed E-state index contributed by atoms with van der Waals surface area (Å²) in [6.07, 6.45) is 0.611. The molecule has 0 aliphatic rings. The molecule has 0 spiro atoms. The van der Waals surface area contributed by atoms with Gasteiger partial charge in [0.25, 0.3) is 0 Å². The highest BCUT2D eigenvalue weighted by molar-refractivity contribution is 7.89. The van der Waals surface area contributed by atoms with Gasteiger partial charge in [-0.15, -0.1) is 0 Å². The van der Waals surface area contributed by atoms with E-state index >= 15 is 0 Å². The zero-order valence-corrected chi connectivity index (χ0v) is 17.8. The Morgan fingerprint density at radius 2 is 1.86 bits per heavy atom. The Morgan fingerprint density at radius 3 is 2.52 bits per heavy atom. The van der Waals surface area contributed by atoms with Gasteiger partial charge in [-0.3, -0.25) is 0 Å². The fourth-order valence-corrected chi connectivity index (χ4v) is 3.80. The summed E-state index contributed by atoms with van der Waals surface area (Å²) in [6, 6.07) is 9.66. The van der Waals surface area contributed by atoms with Crippen LogP contribution >= 0.6 is 0 Å². The zero-order chi connectivity index (χ0) is 21.4. The maximum absolute atomic E-state index is 13.6. The molecular formula is C20H27FN2O5S. The van der Waals surface area contributed by atoms with Crippen molar-refractivity contribution in [3.05, 3.63) is 47.8 Å². The second-order valence-electron chi connectivity index (χ2n) is 6.37. The zero-order valence-electron chi connectivity index (χ0n) is 17.0. The fourth-order valence-electron chi connectivity index (χ4n) is 2.86. The summed E-state index contributed by atoms with van der Waals surface area (Å²) in [7, 11) is 0.565. The number of benzene rings is 2. The van der Waals surface area contributed by atoms with Gasteiger partial charge in [0.2, 0.25) is 10.0 Å². The summed E-state index contributed by atoms with van der Waals surface area (Å²) >= 11 is 0. The molecule has 2 N–H and O–H groups in total. The van der Waals surface area contributed by atoms with Crippen LogP contribution in [0.1, 0.15) is 12.5 Å². The van der Waals surface area contributed by atoms with Crippen molar-refractivity contribution in [1.82, 2.24) is 10.0 Å². The van der Waals surface area contributed by atoms with Crippen LogP contribution in [0.5, 0.6) is 17.2 Å². The smallest absolute Gasteiger partial charge is 0.244 e. The molecule has 7 nitrogen and oxygen atoms in total. The van der Waals surface area contributed by atoms with Gasteiger partial charge in [-0.1, -0.05) is 12.1 Å². The topological polar surface area (TPSA) is 85.9 Å². The number of para-hydroxylation sites is 1. The minimum Gasteiger partial charge on any atom is -0.495 e. The largest absolute Gasteiger partial charge is 0.495 e. The van der Waals surface area contributed by atoms with Crippen LogP contribution in [0, 0.1) is 5.82 Å². The van der Waals surface area contributed by atoms with Gasteiger partial charge in [0.05, 0.1) is 14.2 Å². The average molecular weight is 427 g/mol. The number of hydrogen-bond acceptors (Lipinski definition) is 6. The number of hydrogen-bond donors (Lipinski definition) is 2. The Labute approximate surface area is 171 Å². The molecule has 29 heavy (non-hydrogen) atoms. The van der Waals surface area contributed by atoms with Gasteiger partial charge < -0.3 is 19.5 Å². The van der Waals surface area contributed by atoms with E-state index in [2.05, 4.69) is 10.0 Å². The van der Waals surface area contributed by atoms with E-state index in [4.69, 9.17) is 14.2 Å². The van der Waals surface area contributed by atoms with Crippen molar-refractivity contribution in [1.29, 1.82) is 0 Å². The monoisotopic (exact) mass is 426 g/mol. The highest BCUT2D eigenvalue weighted by Gasteiger charge is 2.18. The van der Waals surface area contributed by atoms with Crippen molar-refractivity contribution in [2.75, 3.05) is 34.4 Å². The summed E-state index contributed by atoms with van der Waals surface area (Å²) in [6.45, 7) is 2.84. The molecule has 0 bridgehead atoms. The lowest BCUT2D eigenvalue weighted by molar-refractivity contribution is 0.281. The van der Waals surface area contributed by atoms with E-state index < -0.39 is 15.8 Å². The van der Waals surface area contributed by atoms with Gasteiger partial charge in [-0.05, 0) is 50.2 Å². The third kappa shape index (κ3) is 6.06. The van der Waals surface area contributed by atoms with Crippen LogP contribution in [0.25, 0.3) is 0 Å². The Bertz CT molecular complexity index is 921. The molecule has 0 aliphatic heterocycles. The predicted octanol–water partition coefficient (Wildman–Crippen LogP) is 2.35. The van der Waals surface area contributed by atoms with E-state index in [1.54, 1.807) is 24.3 Å². The lowest BCUT2D eigenvalue weighted by Crippen LogP contribution is -2.32. The predicted molar refractivity (Wildman–Crippen MR) is 109 cm³/mol. The quantitative estimate of drug-likeness (QED) is 0.537. The van der Waals surface area contributed by atoms with Crippen molar-refractivity contribution in [3.63, 3.8) is 0 Å². The molecule has 160 valence electrons. The molecule has 0 radical (unpaired) electrons. The van der Waals surface area contributed by atoms with Crippen LogP contribution in [-0.4, -0.2) is 48.9 Å². The highest BCUT2D eigenvalue weighted by Crippen LogP contribution is 2.29. The van der Waals surface area contributed by atoms with E-state index in [9.17, 15) is 12.8 Å². The number of halogens is 1. The summed E-state index contributed by atoms with van der Waals surface area (Å²) in [5.74, 6) is 0.246. The molecule has 0 fully saturated rings. The molecule has 0 saturated carbocycles. The molecular weight excluding hydrogens is 399 g/mol. The molecule has 0 aliphatic carbocycles. The third-order valence-electron chi connectivity index (χ3n) is 4.32. The van der Waals surface area contributed by atoms with Crippen LogP contribution < -0.4 is 24.2 Å². The van der Waals surface area contributed by atoms with Crippen molar-refractivity contribution >= 4 is 10.0 Å². The van der Waals surface area contributed by atoms with Gasteiger partial charge in [0.1, 0.15) is 17.3 Å². The van der Waals surface area contributed by atoms with Crippen LogP contribution in [0.4, 0.5) is 4.39 Å². The van der Waals surface area contributed by atoms with E-state index in [1.807, 2.05) is 13.0 Å². The third-order valence-corrected chi connectivity index (χ3v) is 5.75. The van der Waals surface area contributed by atoms with Crippen LogP contribution in [0.3, 0.4) is 0 Å². The lowest BCUT2D eigenvalue weighted by atomic mass is 10.1. The normalized spacial score (nSPS) is 12.4. The van der Waals surface area contributed by atoms with Crippen molar-refractivity contribution in [3.8, 4) is 17.2 Å². The van der Waals surface area contributed by atoms with E-state index in [-0.39, 0.29) is 16.7 Å². The van der Waals surface area contributed by atoms with Gasteiger partial charge in [-0.25, -0.2) is 17.5 Å². The Kier molecular flexibility index (Phi) is 8.24. The highest BCUT2D eigenvalue weighted by atomic mass is 32.2. The van der Waals surface area contributed by atoms with E-state index in [0.717, 1.165) is 5.56 Å². The molecule has 9 heteroatoms. The number of ether oxygens (including phenoxy) is 3. The first-order valence-electron chi connectivity index (χ1n) is 9.11. The maximum atomic E-state index is 13.6. The van der Waals surface area contributed by atoms with Gasteiger partial charge >= 0.3 is 0 Å². The van der Waals surface area contributed by atoms with Gasteiger partial charge in [0.15, 0.2) is 17.3 Å². The minimum atomic E-state index is -3.62. The van der Waals surface area contributed by atoms with E-state index in [1.165, 1.54) is 27.3 Å². The standard InChI is InChI=1S/C20H27FN2O5S/c1-14(23-10-11-28-18-7-5-6-16(21)20(18)27-4)12-15-8-9-17(26-3)19(13-15)29(24,25)22-2/h5-9,13-14,22-23H,10-12H2,1-4H3. The number of methoxy groups -OCH3 is 2. The molecule has 0 aromatic heterocycles. The fraction of sp³-hybridized carbons (Fsp3) is 0.400. The Hall–Kier alpha value is -2.36. The average Bonchev–Trinajstić information content (AvgIpc) is 2.71. The Balaban J connectivity index is 1.92. The second-order valence-corrected chi connectivity index (χ2v) is 8.23. The molecule has 1 atom stereocenters. The van der Waals surface area contributed by atoms with Crippen molar-refractivity contribution in [2.45, 2.75) is 24.3 Å². The van der Waals surface area contributed by atoms with Crippen molar-refractivity contribution < 1.29 is 27.0 Å². The number of sulfonamides is 1. The number of nitrogens with one attached hydrogen (secondary N) is 2. The number of rotatable bonds is 11. The SMILES string of the molecule is CNS(=O)(=O)c1cc(CC(C)NCCOc2cccc(F)c2OC)ccc1OC. The van der Waals surface area contributed by atoms with Crippen LogP contribution in [0.15, 0.2) is 41.3 Å². The van der Waals surface area contributed by atoms with E-state index in [0.29, 0.717) is 31.1 Å². The van der Waals surface area contributed by atoms with Crippen LogP contribution in [0.2, 0.25) is 0 Å². The summed E-state index contributed by atoms with van der Waals surface area (Å²) in [5.41, 5.74) is 0.854. The molecule has 1 unspecified atom stereocenters. The summed E-state index contributed by atoms with van der Waals surface area (Å²) in [4.78, 5) is 0.105. The van der Waals surface area contributed by atoms with Gasteiger partial charge in [0, 0.05) is 12.6 Å². The maximum Gasteiger partial charge on any atom is 0.244 e. The molecule has 0 amide bonds. The minimum absolute atomic E-state index is 0.0616. The molecule has 0 saturated heterocycles. The Morgan fingerprint density at radius 1 is 1.10 bits per heavy atom. The molecule has 0 heterocycles. The first kappa shape index (κ1) is 22.9.